The summed E-state index contributed by atoms with van der Waals surface area (Å²) in [5, 5.41) is 7.07. The van der Waals surface area contributed by atoms with Gasteiger partial charge in [0.25, 0.3) is 0 Å². The second kappa shape index (κ2) is 7.78. The summed E-state index contributed by atoms with van der Waals surface area (Å²) in [4.78, 5) is 12.1. The minimum absolute atomic E-state index is 0.0336. The van der Waals surface area contributed by atoms with Gasteiger partial charge in [0.2, 0.25) is 5.91 Å². The summed E-state index contributed by atoms with van der Waals surface area (Å²) in [6, 6.07) is 7.42. The van der Waals surface area contributed by atoms with Gasteiger partial charge in [-0.05, 0) is 43.6 Å². The predicted molar refractivity (Wildman–Crippen MR) is 84.6 cm³/mol. The molecule has 2 N–H and O–H groups in total. The zero-order valence-corrected chi connectivity index (χ0v) is 13.2. The van der Waals surface area contributed by atoms with Gasteiger partial charge in [0.1, 0.15) is 0 Å². The van der Waals surface area contributed by atoms with Crippen LogP contribution >= 0.6 is 11.6 Å². The molecule has 1 aromatic carbocycles. The molecular formula is C16H23ClN2O2. The Morgan fingerprint density at radius 1 is 1.43 bits per heavy atom. The second-order valence-electron chi connectivity index (χ2n) is 5.77. The van der Waals surface area contributed by atoms with E-state index in [4.69, 9.17) is 16.3 Å². The van der Waals surface area contributed by atoms with Crippen molar-refractivity contribution in [2.75, 3.05) is 33.4 Å². The Bertz CT molecular complexity index is 468. The zero-order valence-electron chi connectivity index (χ0n) is 12.5. The number of halogens is 1. The lowest BCUT2D eigenvalue weighted by molar-refractivity contribution is -0.121. The molecule has 1 heterocycles. The number of carbonyl (C=O) groups excluding carboxylic acids is 1. The molecule has 1 aliphatic heterocycles. The Balaban J connectivity index is 1.87. The molecule has 0 aliphatic carbocycles. The molecule has 0 aromatic heterocycles. The third-order valence-electron chi connectivity index (χ3n) is 4.03. The molecule has 0 radical (unpaired) electrons. The first-order valence-corrected chi connectivity index (χ1v) is 7.72. The fraction of sp³-hybridized carbons (Fsp3) is 0.562. The average Bonchev–Trinajstić information content (AvgIpc) is 2.47. The van der Waals surface area contributed by atoms with Crippen molar-refractivity contribution in [2.24, 2.45) is 5.41 Å². The Morgan fingerprint density at radius 3 is 2.86 bits per heavy atom. The Morgan fingerprint density at radius 2 is 2.19 bits per heavy atom. The molecule has 1 amide bonds. The van der Waals surface area contributed by atoms with E-state index in [-0.39, 0.29) is 11.3 Å². The molecule has 0 bridgehead atoms. The Labute approximate surface area is 131 Å². The molecule has 1 aliphatic rings. The highest BCUT2D eigenvalue weighted by Crippen LogP contribution is 2.28. The number of rotatable bonds is 6. The minimum atomic E-state index is 0.0336. The summed E-state index contributed by atoms with van der Waals surface area (Å²) in [6.07, 6.45) is 2.42. The van der Waals surface area contributed by atoms with Crippen LogP contribution in [0.3, 0.4) is 0 Å². The Hall–Kier alpha value is -1.10. The molecule has 5 heteroatoms. The molecule has 1 fully saturated rings. The van der Waals surface area contributed by atoms with Gasteiger partial charge in [-0.15, -0.1) is 0 Å². The van der Waals surface area contributed by atoms with E-state index in [1.54, 1.807) is 7.11 Å². The van der Waals surface area contributed by atoms with Crippen molar-refractivity contribution in [1.29, 1.82) is 0 Å². The van der Waals surface area contributed by atoms with Gasteiger partial charge in [0.15, 0.2) is 0 Å². The van der Waals surface area contributed by atoms with E-state index in [2.05, 4.69) is 10.6 Å². The van der Waals surface area contributed by atoms with Crippen molar-refractivity contribution in [3.8, 4) is 0 Å². The maximum absolute atomic E-state index is 12.1. The number of amides is 1. The van der Waals surface area contributed by atoms with Crippen LogP contribution in [-0.4, -0.2) is 39.3 Å². The Kier molecular flexibility index (Phi) is 6.03. The molecule has 116 valence electrons. The zero-order chi connectivity index (χ0) is 15.1. The number of nitrogens with one attached hydrogen (secondary N) is 2. The van der Waals surface area contributed by atoms with Crippen molar-refractivity contribution in [3.05, 3.63) is 34.9 Å². The summed E-state index contributed by atoms with van der Waals surface area (Å²) in [6.45, 7) is 3.31. The summed E-state index contributed by atoms with van der Waals surface area (Å²) in [7, 11) is 1.72. The van der Waals surface area contributed by atoms with Crippen molar-refractivity contribution in [1.82, 2.24) is 10.6 Å². The molecule has 0 atom stereocenters. The number of benzene rings is 1. The molecule has 0 unspecified atom stereocenters. The molecule has 21 heavy (non-hydrogen) atoms. The third kappa shape index (κ3) is 4.99. The maximum atomic E-state index is 12.1. The van der Waals surface area contributed by atoms with E-state index >= 15 is 0 Å². The molecule has 0 spiro atoms. The monoisotopic (exact) mass is 310 g/mol. The number of methoxy groups -OCH3 is 1. The van der Waals surface area contributed by atoms with Crippen LogP contribution in [0.25, 0.3) is 0 Å². The number of piperidine rings is 1. The third-order valence-corrected chi connectivity index (χ3v) is 4.26. The van der Waals surface area contributed by atoms with E-state index in [0.29, 0.717) is 24.6 Å². The highest BCUT2D eigenvalue weighted by atomic mass is 35.5. The predicted octanol–water partition coefficient (Wildman–Crippen LogP) is 2.01. The van der Waals surface area contributed by atoms with Gasteiger partial charge < -0.3 is 15.4 Å². The molecule has 0 saturated carbocycles. The molecular weight excluding hydrogens is 288 g/mol. The number of ether oxygens (including phenoxy) is 1. The van der Waals surface area contributed by atoms with E-state index in [1.165, 1.54) is 0 Å². The molecule has 4 nitrogen and oxygen atoms in total. The lowest BCUT2D eigenvalue weighted by Crippen LogP contribution is -2.47. The fourth-order valence-corrected chi connectivity index (χ4v) is 3.03. The quantitative estimate of drug-likeness (QED) is 0.845. The van der Waals surface area contributed by atoms with Gasteiger partial charge in [0, 0.05) is 24.1 Å². The summed E-state index contributed by atoms with van der Waals surface area (Å²) >= 11 is 5.94. The first-order chi connectivity index (χ1) is 10.1. The van der Waals surface area contributed by atoms with E-state index in [9.17, 15) is 4.79 Å². The van der Waals surface area contributed by atoms with Gasteiger partial charge >= 0.3 is 0 Å². The van der Waals surface area contributed by atoms with Crippen LogP contribution in [0.5, 0.6) is 0 Å². The first kappa shape index (κ1) is 16.3. The van der Waals surface area contributed by atoms with Crippen LogP contribution in [0.4, 0.5) is 0 Å². The standard InChI is InChI=1S/C16H23ClN2O2/c1-21-12-16(5-7-18-8-6-16)11-19-15(20)10-13-3-2-4-14(17)9-13/h2-4,9,18H,5-8,10-12H2,1H3,(H,19,20). The lowest BCUT2D eigenvalue weighted by atomic mass is 9.79. The number of hydrogen-bond donors (Lipinski definition) is 2. The topological polar surface area (TPSA) is 50.4 Å². The molecule has 2 rings (SSSR count). The van der Waals surface area contributed by atoms with Gasteiger partial charge in [-0.3, -0.25) is 4.79 Å². The van der Waals surface area contributed by atoms with Crippen LogP contribution in [0.2, 0.25) is 5.02 Å². The molecule has 1 saturated heterocycles. The van der Waals surface area contributed by atoms with Crippen LogP contribution in [0.15, 0.2) is 24.3 Å². The maximum Gasteiger partial charge on any atom is 0.224 e. The van der Waals surface area contributed by atoms with E-state index in [1.807, 2.05) is 24.3 Å². The minimum Gasteiger partial charge on any atom is -0.384 e. The van der Waals surface area contributed by atoms with E-state index in [0.717, 1.165) is 31.5 Å². The van der Waals surface area contributed by atoms with Crippen LogP contribution < -0.4 is 10.6 Å². The SMILES string of the molecule is COCC1(CNC(=O)Cc2cccc(Cl)c2)CCNCC1. The van der Waals surface area contributed by atoms with Crippen molar-refractivity contribution in [2.45, 2.75) is 19.3 Å². The van der Waals surface area contributed by atoms with Crippen molar-refractivity contribution >= 4 is 17.5 Å². The van der Waals surface area contributed by atoms with Gasteiger partial charge in [0.05, 0.1) is 13.0 Å². The van der Waals surface area contributed by atoms with Crippen molar-refractivity contribution < 1.29 is 9.53 Å². The summed E-state index contributed by atoms with van der Waals surface area (Å²) in [5.74, 6) is 0.0336. The smallest absolute Gasteiger partial charge is 0.224 e. The van der Waals surface area contributed by atoms with Gasteiger partial charge in [-0.1, -0.05) is 23.7 Å². The number of hydrogen-bond acceptors (Lipinski definition) is 3. The first-order valence-electron chi connectivity index (χ1n) is 7.34. The fourth-order valence-electron chi connectivity index (χ4n) is 2.82. The van der Waals surface area contributed by atoms with Crippen molar-refractivity contribution in [3.63, 3.8) is 0 Å². The van der Waals surface area contributed by atoms with Crippen LogP contribution in [0, 0.1) is 5.41 Å². The normalized spacial score (nSPS) is 17.4. The number of carbonyl (C=O) groups is 1. The summed E-state index contributed by atoms with van der Waals surface area (Å²) < 4.78 is 5.35. The van der Waals surface area contributed by atoms with Crippen LogP contribution in [0.1, 0.15) is 18.4 Å². The highest BCUT2D eigenvalue weighted by Gasteiger charge is 2.32. The van der Waals surface area contributed by atoms with Gasteiger partial charge in [-0.2, -0.15) is 0 Å². The largest absolute Gasteiger partial charge is 0.384 e. The summed E-state index contributed by atoms with van der Waals surface area (Å²) in [5.41, 5.74) is 0.996. The lowest BCUT2D eigenvalue weighted by Gasteiger charge is -2.37. The van der Waals surface area contributed by atoms with Crippen LogP contribution in [-0.2, 0) is 16.0 Å². The highest BCUT2D eigenvalue weighted by molar-refractivity contribution is 6.30. The van der Waals surface area contributed by atoms with Gasteiger partial charge in [-0.25, -0.2) is 0 Å². The second-order valence-corrected chi connectivity index (χ2v) is 6.20. The van der Waals surface area contributed by atoms with E-state index < -0.39 is 0 Å². The molecule has 1 aromatic rings. The average molecular weight is 311 g/mol.